The first-order valence-corrected chi connectivity index (χ1v) is 13.6. The second-order valence-corrected chi connectivity index (χ2v) is 11.2. The van der Waals surface area contributed by atoms with Crippen LogP contribution in [-0.2, 0) is 37.2 Å². The van der Waals surface area contributed by atoms with Crippen molar-refractivity contribution in [3.05, 3.63) is 95.3 Å². The van der Waals surface area contributed by atoms with Crippen LogP contribution in [0, 0.1) is 5.82 Å². The molecule has 0 aromatic heterocycles. The van der Waals surface area contributed by atoms with Crippen LogP contribution >= 0.6 is 0 Å². The molecule has 0 N–H and O–H groups in total. The summed E-state index contributed by atoms with van der Waals surface area (Å²) in [5.74, 6) is -1.54. The standard InChI is InChI=1S/C28H27FN2O5S/c1-19-16-21-7-3-5-9-25(21)31(19)27(32)18-36-28(33)17-26-24-8-4-2-6-20(24)14-15-30(26)37(34,35)23-12-10-22(29)11-13-23/h2-13,19,26H,14-18H2,1H3. The molecule has 0 aliphatic carbocycles. The van der Waals surface area contributed by atoms with Crippen LogP contribution in [0.4, 0.5) is 10.1 Å². The number of rotatable bonds is 6. The normalized spacial score (nSPS) is 19.2. The molecule has 5 rings (SSSR count). The minimum atomic E-state index is -4.02. The first kappa shape index (κ1) is 25.1. The van der Waals surface area contributed by atoms with Gasteiger partial charge in [0.1, 0.15) is 5.82 Å². The molecule has 3 aromatic rings. The number of halogens is 1. The number of anilines is 1. The Balaban J connectivity index is 1.34. The van der Waals surface area contributed by atoms with E-state index in [1.807, 2.05) is 43.3 Å². The maximum absolute atomic E-state index is 13.5. The van der Waals surface area contributed by atoms with Crippen molar-refractivity contribution in [2.24, 2.45) is 0 Å². The third kappa shape index (κ3) is 4.89. The fourth-order valence-corrected chi connectivity index (χ4v) is 6.85. The molecule has 2 atom stereocenters. The Hall–Kier alpha value is -3.56. The zero-order valence-corrected chi connectivity index (χ0v) is 21.2. The summed E-state index contributed by atoms with van der Waals surface area (Å²) in [4.78, 5) is 27.5. The molecule has 192 valence electrons. The van der Waals surface area contributed by atoms with E-state index in [1.165, 1.54) is 16.4 Å². The van der Waals surface area contributed by atoms with Crippen molar-refractivity contribution in [2.75, 3.05) is 18.1 Å². The van der Waals surface area contributed by atoms with Crippen LogP contribution < -0.4 is 4.90 Å². The van der Waals surface area contributed by atoms with Crippen LogP contribution in [0.1, 0.15) is 36.1 Å². The lowest BCUT2D eigenvalue weighted by Gasteiger charge is -2.36. The van der Waals surface area contributed by atoms with E-state index in [0.29, 0.717) is 12.0 Å². The lowest BCUT2D eigenvalue weighted by molar-refractivity contribution is -0.148. The van der Waals surface area contributed by atoms with Crippen molar-refractivity contribution in [3.63, 3.8) is 0 Å². The van der Waals surface area contributed by atoms with Gasteiger partial charge in [-0.1, -0.05) is 42.5 Å². The van der Waals surface area contributed by atoms with E-state index >= 15 is 0 Å². The van der Waals surface area contributed by atoms with Crippen molar-refractivity contribution in [3.8, 4) is 0 Å². The average molecular weight is 523 g/mol. The van der Waals surface area contributed by atoms with Gasteiger partial charge >= 0.3 is 5.97 Å². The SMILES string of the molecule is CC1Cc2ccccc2N1C(=O)COC(=O)CC1c2ccccc2CCN1S(=O)(=O)c1ccc(F)cc1. The van der Waals surface area contributed by atoms with Gasteiger partial charge < -0.3 is 9.64 Å². The molecule has 0 saturated heterocycles. The summed E-state index contributed by atoms with van der Waals surface area (Å²) in [5, 5.41) is 0. The quantitative estimate of drug-likeness (QED) is 0.457. The highest BCUT2D eigenvalue weighted by Gasteiger charge is 2.38. The number of carbonyl (C=O) groups is 2. The van der Waals surface area contributed by atoms with E-state index in [1.54, 1.807) is 17.0 Å². The van der Waals surface area contributed by atoms with E-state index in [-0.39, 0.29) is 29.8 Å². The van der Waals surface area contributed by atoms with Gasteiger partial charge in [0, 0.05) is 18.3 Å². The van der Waals surface area contributed by atoms with Crippen LogP contribution in [-0.4, -0.2) is 43.8 Å². The number of benzene rings is 3. The van der Waals surface area contributed by atoms with Crippen LogP contribution in [0.2, 0.25) is 0 Å². The molecule has 0 fully saturated rings. The third-order valence-corrected chi connectivity index (χ3v) is 8.90. The number of ether oxygens (including phenoxy) is 1. The summed E-state index contributed by atoms with van der Waals surface area (Å²) in [7, 11) is -4.02. The predicted molar refractivity (Wildman–Crippen MR) is 136 cm³/mol. The molecule has 2 unspecified atom stereocenters. The van der Waals surface area contributed by atoms with E-state index in [4.69, 9.17) is 4.74 Å². The van der Waals surface area contributed by atoms with Crippen LogP contribution in [0.5, 0.6) is 0 Å². The molecule has 0 spiro atoms. The zero-order chi connectivity index (χ0) is 26.2. The Morgan fingerprint density at radius 1 is 0.973 bits per heavy atom. The number of sulfonamides is 1. The summed E-state index contributed by atoms with van der Waals surface area (Å²) < 4.78 is 47.0. The maximum atomic E-state index is 13.5. The fourth-order valence-electron chi connectivity index (χ4n) is 5.24. The highest BCUT2D eigenvalue weighted by molar-refractivity contribution is 7.89. The first-order valence-electron chi connectivity index (χ1n) is 12.2. The largest absolute Gasteiger partial charge is 0.455 e. The first-order chi connectivity index (χ1) is 17.8. The summed E-state index contributed by atoms with van der Waals surface area (Å²) in [5.41, 5.74) is 3.54. The monoisotopic (exact) mass is 522 g/mol. The molecule has 37 heavy (non-hydrogen) atoms. The number of amides is 1. The van der Waals surface area contributed by atoms with E-state index in [9.17, 15) is 22.4 Å². The molecular formula is C28H27FN2O5S. The molecule has 1 amide bonds. The minimum Gasteiger partial charge on any atom is -0.455 e. The van der Waals surface area contributed by atoms with Gasteiger partial charge in [-0.15, -0.1) is 0 Å². The molecular weight excluding hydrogens is 495 g/mol. The fraction of sp³-hybridized carbons (Fsp3) is 0.286. The number of carbonyl (C=O) groups excluding carboxylic acids is 2. The van der Waals surface area contributed by atoms with Gasteiger partial charge in [-0.05, 0) is 66.8 Å². The highest BCUT2D eigenvalue weighted by atomic mass is 32.2. The molecule has 2 heterocycles. The predicted octanol–water partition coefficient (Wildman–Crippen LogP) is 4.02. The van der Waals surface area contributed by atoms with Crippen molar-refractivity contribution in [1.29, 1.82) is 0 Å². The van der Waals surface area contributed by atoms with Gasteiger partial charge in [0.2, 0.25) is 10.0 Å². The second kappa shape index (κ2) is 10.1. The van der Waals surface area contributed by atoms with Crippen LogP contribution in [0.15, 0.2) is 77.7 Å². The van der Waals surface area contributed by atoms with Gasteiger partial charge in [0.15, 0.2) is 6.61 Å². The molecule has 0 bridgehead atoms. The van der Waals surface area contributed by atoms with Crippen LogP contribution in [0.3, 0.4) is 0 Å². The zero-order valence-electron chi connectivity index (χ0n) is 20.3. The summed E-state index contributed by atoms with van der Waals surface area (Å²) in [6, 6.07) is 18.8. The highest BCUT2D eigenvalue weighted by Crippen LogP contribution is 2.37. The number of esters is 1. The molecule has 9 heteroatoms. The molecule has 3 aromatic carbocycles. The molecule has 0 saturated carbocycles. The molecule has 0 radical (unpaired) electrons. The molecule has 2 aliphatic heterocycles. The van der Waals surface area contributed by atoms with E-state index in [2.05, 4.69) is 0 Å². The van der Waals surface area contributed by atoms with Crippen molar-refractivity contribution in [1.82, 2.24) is 4.31 Å². The van der Waals surface area contributed by atoms with Crippen molar-refractivity contribution in [2.45, 2.75) is 43.2 Å². The lowest BCUT2D eigenvalue weighted by Crippen LogP contribution is -2.42. The second-order valence-electron chi connectivity index (χ2n) is 9.34. The Morgan fingerprint density at radius 2 is 1.65 bits per heavy atom. The number of fused-ring (bicyclic) bond motifs is 2. The van der Waals surface area contributed by atoms with E-state index < -0.39 is 34.5 Å². The third-order valence-electron chi connectivity index (χ3n) is 6.98. The summed E-state index contributed by atoms with van der Waals surface area (Å²) >= 11 is 0. The summed E-state index contributed by atoms with van der Waals surface area (Å²) in [6.07, 6.45) is 0.953. The van der Waals surface area contributed by atoms with Crippen molar-refractivity contribution >= 4 is 27.6 Å². The Labute approximate surface area is 215 Å². The van der Waals surface area contributed by atoms with Gasteiger partial charge in [-0.3, -0.25) is 9.59 Å². The lowest BCUT2D eigenvalue weighted by atomic mass is 9.92. The number of para-hydroxylation sites is 1. The Bertz CT molecular complexity index is 1440. The minimum absolute atomic E-state index is 0.0508. The van der Waals surface area contributed by atoms with Gasteiger partial charge in [0.25, 0.3) is 5.91 Å². The van der Waals surface area contributed by atoms with Crippen LogP contribution in [0.25, 0.3) is 0 Å². The average Bonchev–Trinajstić information content (AvgIpc) is 3.23. The smallest absolute Gasteiger partial charge is 0.308 e. The van der Waals surface area contributed by atoms with E-state index in [0.717, 1.165) is 35.4 Å². The topological polar surface area (TPSA) is 84.0 Å². The Morgan fingerprint density at radius 3 is 2.41 bits per heavy atom. The summed E-state index contributed by atoms with van der Waals surface area (Å²) in [6.45, 7) is 1.67. The van der Waals surface area contributed by atoms with Gasteiger partial charge in [-0.2, -0.15) is 4.31 Å². The Kier molecular flexibility index (Phi) is 6.83. The van der Waals surface area contributed by atoms with Gasteiger partial charge in [0.05, 0.1) is 17.4 Å². The molecule has 2 aliphatic rings. The number of hydrogen-bond acceptors (Lipinski definition) is 5. The molecule has 7 nitrogen and oxygen atoms in total. The van der Waals surface area contributed by atoms with Crippen molar-refractivity contribution < 1.29 is 27.1 Å². The maximum Gasteiger partial charge on any atom is 0.308 e. The van der Waals surface area contributed by atoms with Gasteiger partial charge in [-0.25, -0.2) is 12.8 Å². The number of nitrogens with zero attached hydrogens (tertiary/aromatic N) is 2. The number of hydrogen-bond donors (Lipinski definition) is 0.